The van der Waals surface area contributed by atoms with Crippen molar-refractivity contribution in [3.8, 4) is 0 Å². The molecule has 0 saturated carbocycles. The first kappa shape index (κ1) is 13.7. The number of nitrogens with one attached hydrogen (secondary N) is 1. The Morgan fingerprint density at radius 3 is 2.85 bits per heavy atom. The third kappa shape index (κ3) is 3.19. The van der Waals surface area contributed by atoms with E-state index in [0.29, 0.717) is 24.9 Å². The number of aromatic nitrogens is 2. The van der Waals surface area contributed by atoms with Gasteiger partial charge in [0, 0.05) is 37.8 Å². The van der Waals surface area contributed by atoms with Gasteiger partial charge in [0.1, 0.15) is 12.0 Å². The van der Waals surface area contributed by atoms with Crippen molar-refractivity contribution in [2.75, 3.05) is 11.9 Å². The van der Waals surface area contributed by atoms with E-state index in [1.807, 2.05) is 19.3 Å². The first-order valence-corrected chi connectivity index (χ1v) is 6.06. The summed E-state index contributed by atoms with van der Waals surface area (Å²) >= 11 is 0. The largest absolute Gasteiger partial charge is 0.379 e. The van der Waals surface area contributed by atoms with E-state index >= 15 is 0 Å². The van der Waals surface area contributed by atoms with E-state index in [9.17, 15) is 14.9 Å². The van der Waals surface area contributed by atoms with Gasteiger partial charge in [-0.2, -0.15) is 5.10 Å². The Kier molecular flexibility index (Phi) is 4.09. The molecule has 2 aromatic rings. The Bertz CT molecular complexity index is 636. The highest BCUT2D eigenvalue weighted by Crippen LogP contribution is 2.24. The quantitative estimate of drug-likeness (QED) is 0.492. The molecule has 7 heteroatoms. The molecule has 1 aromatic heterocycles. The first-order chi connectivity index (χ1) is 9.60. The molecule has 1 N–H and O–H groups in total. The third-order valence-corrected chi connectivity index (χ3v) is 2.82. The number of nitro groups is 1. The van der Waals surface area contributed by atoms with Crippen molar-refractivity contribution in [2.45, 2.75) is 6.42 Å². The second-order valence-electron chi connectivity index (χ2n) is 4.31. The maximum Gasteiger partial charge on any atom is 0.293 e. The summed E-state index contributed by atoms with van der Waals surface area (Å²) in [6.07, 6.45) is 3.09. The molecular formula is C13H14N4O3. The van der Waals surface area contributed by atoms with E-state index in [4.69, 9.17) is 0 Å². The molecule has 0 bridgehead atoms. The van der Waals surface area contributed by atoms with Crippen molar-refractivity contribution in [2.24, 2.45) is 7.05 Å². The van der Waals surface area contributed by atoms with Crippen LogP contribution in [0.1, 0.15) is 16.1 Å². The summed E-state index contributed by atoms with van der Waals surface area (Å²) < 4.78 is 1.71. The van der Waals surface area contributed by atoms with E-state index < -0.39 is 4.92 Å². The predicted octanol–water partition coefficient (Wildman–Crippen LogP) is 1.80. The van der Waals surface area contributed by atoms with E-state index in [1.54, 1.807) is 16.8 Å². The number of aldehydes is 1. The summed E-state index contributed by atoms with van der Waals surface area (Å²) in [6, 6.07) is 6.24. The van der Waals surface area contributed by atoms with Crippen molar-refractivity contribution in [1.29, 1.82) is 0 Å². The third-order valence-electron chi connectivity index (χ3n) is 2.82. The number of anilines is 1. The van der Waals surface area contributed by atoms with Gasteiger partial charge in [-0.05, 0) is 18.2 Å². The van der Waals surface area contributed by atoms with Crippen LogP contribution in [-0.4, -0.2) is 27.5 Å². The summed E-state index contributed by atoms with van der Waals surface area (Å²) in [5, 5.41) is 18.2. The fraction of sp³-hybridized carbons (Fsp3) is 0.231. The van der Waals surface area contributed by atoms with Crippen molar-refractivity contribution < 1.29 is 9.72 Å². The summed E-state index contributed by atoms with van der Waals surface area (Å²) in [5.41, 5.74) is 1.49. The fourth-order valence-electron chi connectivity index (χ4n) is 1.84. The van der Waals surface area contributed by atoms with E-state index in [-0.39, 0.29) is 11.3 Å². The van der Waals surface area contributed by atoms with Crippen LogP contribution in [0, 0.1) is 10.1 Å². The smallest absolute Gasteiger partial charge is 0.293 e. The van der Waals surface area contributed by atoms with Gasteiger partial charge in [-0.3, -0.25) is 19.6 Å². The SMILES string of the molecule is Cn1ccc(CCNc2ccc(C=O)cc2[N+](=O)[O-])n1. The van der Waals surface area contributed by atoms with Gasteiger partial charge in [0.25, 0.3) is 5.69 Å². The minimum absolute atomic E-state index is 0.101. The molecule has 0 aliphatic rings. The molecule has 104 valence electrons. The first-order valence-electron chi connectivity index (χ1n) is 6.06. The summed E-state index contributed by atoms with van der Waals surface area (Å²) in [7, 11) is 1.83. The van der Waals surface area contributed by atoms with Gasteiger partial charge >= 0.3 is 0 Å². The minimum Gasteiger partial charge on any atom is -0.379 e. The number of rotatable bonds is 6. The lowest BCUT2D eigenvalue weighted by Crippen LogP contribution is -2.07. The number of benzene rings is 1. The Labute approximate surface area is 115 Å². The fourth-order valence-corrected chi connectivity index (χ4v) is 1.84. The highest BCUT2D eigenvalue weighted by atomic mass is 16.6. The molecule has 0 spiro atoms. The predicted molar refractivity (Wildman–Crippen MR) is 73.9 cm³/mol. The molecule has 0 atom stereocenters. The molecule has 1 heterocycles. The van der Waals surface area contributed by atoms with Gasteiger partial charge in [-0.25, -0.2) is 0 Å². The Hall–Kier alpha value is -2.70. The van der Waals surface area contributed by atoms with Crippen molar-refractivity contribution >= 4 is 17.7 Å². The van der Waals surface area contributed by atoms with Crippen molar-refractivity contribution in [3.63, 3.8) is 0 Å². The summed E-state index contributed by atoms with van der Waals surface area (Å²) in [4.78, 5) is 21.1. The number of carbonyl (C=O) groups is 1. The Morgan fingerprint density at radius 1 is 1.45 bits per heavy atom. The molecular weight excluding hydrogens is 260 g/mol. The van der Waals surface area contributed by atoms with Gasteiger partial charge in [0.15, 0.2) is 0 Å². The molecule has 1 aromatic carbocycles. The molecule has 0 aliphatic heterocycles. The lowest BCUT2D eigenvalue weighted by Gasteiger charge is -2.06. The normalized spacial score (nSPS) is 10.2. The molecule has 7 nitrogen and oxygen atoms in total. The second kappa shape index (κ2) is 5.96. The Morgan fingerprint density at radius 2 is 2.25 bits per heavy atom. The maximum atomic E-state index is 11.0. The standard InChI is InChI=1S/C13H14N4O3/c1-16-7-5-11(15-16)4-6-14-12-3-2-10(9-18)8-13(12)17(19)20/h2-3,5,7-9,14H,4,6H2,1H3. The number of nitrogens with zero attached hydrogens (tertiary/aromatic N) is 3. The lowest BCUT2D eigenvalue weighted by molar-refractivity contribution is -0.384. The number of aryl methyl sites for hydroxylation is 1. The molecule has 0 saturated heterocycles. The van der Waals surface area contributed by atoms with Gasteiger partial charge in [0.05, 0.1) is 10.6 Å². The van der Waals surface area contributed by atoms with Gasteiger partial charge in [-0.15, -0.1) is 0 Å². The van der Waals surface area contributed by atoms with E-state index in [0.717, 1.165) is 5.69 Å². The van der Waals surface area contributed by atoms with Crippen molar-refractivity contribution in [1.82, 2.24) is 9.78 Å². The number of carbonyl (C=O) groups excluding carboxylic acids is 1. The van der Waals surface area contributed by atoms with Crippen LogP contribution in [0.3, 0.4) is 0 Å². The van der Waals surface area contributed by atoms with Crippen LogP contribution in [0.4, 0.5) is 11.4 Å². The zero-order chi connectivity index (χ0) is 14.5. The van der Waals surface area contributed by atoms with Gasteiger partial charge in [-0.1, -0.05) is 0 Å². The summed E-state index contributed by atoms with van der Waals surface area (Å²) in [5.74, 6) is 0. The Balaban J connectivity index is 2.05. The van der Waals surface area contributed by atoms with Crippen LogP contribution >= 0.6 is 0 Å². The zero-order valence-electron chi connectivity index (χ0n) is 10.9. The van der Waals surface area contributed by atoms with Crippen molar-refractivity contribution in [3.05, 3.63) is 51.8 Å². The van der Waals surface area contributed by atoms with Crippen LogP contribution in [0.5, 0.6) is 0 Å². The van der Waals surface area contributed by atoms with E-state index in [1.165, 1.54) is 6.07 Å². The van der Waals surface area contributed by atoms with Gasteiger partial charge in [0.2, 0.25) is 0 Å². The number of hydrogen-bond donors (Lipinski definition) is 1. The number of hydrogen-bond acceptors (Lipinski definition) is 5. The van der Waals surface area contributed by atoms with Crippen LogP contribution in [0.15, 0.2) is 30.5 Å². The summed E-state index contributed by atoms with van der Waals surface area (Å²) in [6.45, 7) is 0.526. The topological polar surface area (TPSA) is 90.1 Å². The maximum absolute atomic E-state index is 11.0. The van der Waals surface area contributed by atoms with Crippen LogP contribution in [0.2, 0.25) is 0 Å². The number of nitro benzene ring substituents is 1. The van der Waals surface area contributed by atoms with Crippen LogP contribution in [-0.2, 0) is 13.5 Å². The zero-order valence-corrected chi connectivity index (χ0v) is 10.9. The average molecular weight is 274 g/mol. The van der Waals surface area contributed by atoms with Crippen LogP contribution in [0.25, 0.3) is 0 Å². The monoisotopic (exact) mass is 274 g/mol. The van der Waals surface area contributed by atoms with Gasteiger partial charge < -0.3 is 5.32 Å². The highest BCUT2D eigenvalue weighted by molar-refractivity contribution is 5.79. The average Bonchev–Trinajstić information content (AvgIpc) is 2.84. The molecule has 2 rings (SSSR count). The molecule has 0 unspecified atom stereocenters. The molecule has 0 amide bonds. The molecule has 0 radical (unpaired) electrons. The minimum atomic E-state index is -0.504. The van der Waals surface area contributed by atoms with E-state index in [2.05, 4.69) is 10.4 Å². The molecule has 0 aliphatic carbocycles. The highest BCUT2D eigenvalue weighted by Gasteiger charge is 2.14. The van der Waals surface area contributed by atoms with Crippen LogP contribution < -0.4 is 5.32 Å². The molecule has 20 heavy (non-hydrogen) atoms. The second-order valence-corrected chi connectivity index (χ2v) is 4.31. The lowest BCUT2D eigenvalue weighted by atomic mass is 10.2. The molecule has 0 fully saturated rings.